The maximum atomic E-state index is 12.9. The van der Waals surface area contributed by atoms with Gasteiger partial charge in [-0.05, 0) is 63.5 Å². The van der Waals surface area contributed by atoms with Crippen LogP contribution in [0.3, 0.4) is 0 Å². The van der Waals surface area contributed by atoms with E-state index in [1.165, 1.54) is 17.5 Å². The molecule has 1 atom stereocenters. The number of likely N-dealkylation sites (tertiary alicyclic amines) is 1. The lowest BCUT2D eigenvalue weighted by Crippen LogP contribution is -2.34. The van der Waals surface area contributed by atoms with Gasteiger partial charge in [0.1, 0.15) is 11.6 Å². The predicted octanol–water partition coefficient (Wildman–Crippen LogP) is 4.81. The SMILES string of the molecule is CN1CCCC(COc2cc(-c3nc4ccccc4s3)cc3c2OCCN(C(=O)C2CC2)C3)C1. The van der Waals surface area contributed by atoms with Crippen LogP contribution in [0.1, 0.15) is 31.2 Å². The number of benzene rings is 2. The van der Waals surface area contributed by atoms with Gasteiger partial charge < -0.3 is 19.3 Å². The number of hydrogen-bond acceptors (Lipinski definition) is 6. The Balaban J connectivity index is 1.34. The minimum atomic E-state index is 0.202. The van der Waals surface area contributed by atoms with Crippen molar-refractivity contribution in [3.05, 3.63) is 42.0 Å². The molecule has 34 heavy (non-hydrogen) atoms. The predicted molar refractivity (Wildman–Crippen MR) is 134 cm³/mol. The minimum Gasteiger partial charge on any atom is -0.489 e. The molecule has 6 rings (SSSR count). The second kappa shape index (κ2) is 9.19. The lowest BCUT2D eigenvalue weighted by Gasteiger charge is -2.29. The molecule has 0 spiro atoms. The number of para-hydroxylation sites is 1. The molecule has 2 aromatic carbocycles. The summed E-state index contributed by atoms with van der Waals surface area (Å²) in [5, 5.41) is 0.968. The zero-order chi connectivity index (χ0) is 23.1. The van der Waals surface area contributed by atoms with Gasteiger partial charge in [-0.3, -0.25) is 4.79 Å². The van der Waals surface area contributed by atoms with Crippen LogP contribution in [0, 0.1) is 11.8 Å². The number of aromatic nitrogens is 1. The summed E-state index contributed by atoms with van der Waals surface area (Å²) in [6.45, 7) is 4.57. The summed E-state index contributed by atoms with van der Waals surface area (Å²) in [6, 6.07) is 12.5. The van der Waals surface area contributed by atoms with Crippen molar-refractivity contribution in [3.8, 4) is 22.1 Å². The van der Waals surface area contributed by atoms with E-state index in [2.05, 4.69) is 36.2 Å². The largest absolute Gasteiger partial charge is 0.489 e. The maximum absolute atomic E-state index is 12.9. The zero-order valence-electron chi connectivity index (χ0n) is 19.7. The first-order valence-electron chi connectivity index (χ1n) is 12.4. The first-order valence-corrected chi connectivity index (χ1v) is 13.2. The number of amides is 1. The molecule has 6 nitrogen and oxygen atoms in total. The third-order valence-electron chi connectivity index (χ3n) is 7.08. The number of hydrogen-bond donors (Lipinski definition) is 0. The topological polar surface area (TPSA) is 54.9 Å². The molecule has 7 heteroatoms. The number of thiazole rings is 1. The van der Waals surface area contributed by atoms with Crippen LogP contribution in [0.25, 0.3) is 20.8 Å². The van der Waals surface area contributed by atoms with Crippen LogP contribution in [0.15, 0.2) is 36.4 Å². The van der Waals surface area contributed by atoms with Gasteiger partial charge >= 0.3 is 0 Å². The number of rotatable bonds is 5. The lowest BCUT2D eigenvalue weighted by molar-refractivity contribution is -0.133. The van der Waals surface area contributed by atoms with Gasteiger partial charge in [-0.25, -0.2) is 4.98 Å². The molecule has 1 aromatic heterocycles. The zero-order valence-corrected chi connectivity index (χ0v) is 20.5. The van der Waals surface area contributed by atoms with E-state index in [1.807, 2.05) is 17.0 Å². The van der Waals surface area contributed by atoms with E-state index in [1.54, 1.807) is 11.3 Å². The van der Waals surface area contributed by atoms with Crippen molar-refractivity contribution in [1.29, 1.82) is 0 Å². The lowest BCUT2D eigenvalue weighted by atomic mass is 9.99. The van der Waals surface area contributed by atoms with Crippen LogP contribution in [-0.2, 0) is 11.3 Å². The Bertz CT molecular complexity index is 1170. The highest BCUT2D eigenvalue weighted by Gasteiger charge is 2.35. The van der Waals surface area contributed by atoms with E-state index < -0.39 is 0 Å². The van der Waals surface area contributed by atoms with Crippen LogP contribution < -0.4 is 9.47 Å². The molecule has 0 N–H and O–H groups in total. The molecule has 1 aliphatic carbocycles. The van der Waals surface area contributed by atoms with Gasteiger partial charge in [-0.2, -0.15) is 0 Å². The molecule has 1 unspecified atom stereocenters. The minimum absolute atomic E-state index is 0.202. The van der Waals surface area contributed by atoms with Crippen LogP contribution in [0.2, 0.25) is 0 Å². The number of ether oxygens (including phenoxy) is 2. The first-order chi connectivity index (χ1) is 16.6. The highest BCUT2D eigenvalue weighted by atomic mass is 32.1. The Morgan fingerprint density at radius 1 is 1.21 bits per heavy atom. The number of fused-ring (bicyclic) bond motifs is 2. The van der Waals surface area contributed by atoms with Gasteiger partial charge in [0, 0.05) is 36.1 Å². The standard InChI is InChI=1S/C27H31N3O3S/c1-29-10-4-5-18(15-29)17-33-23-14-20(26-28-22-6-2-3-7-24(22)34-26)13-21-16-30(11-12-32-25(21)23)27(31)19-8-9-19/h2-3,6-7,13-14,18-19H,4-5,8-12,15-17H2,1H3. The molecule has 2 fully saturated rings. The van der Waals surface area contributed by atoms with Crippen LogP contribution in [0.4, 0.5) is 0 Å². The highest BCUT2D eigenvalue weighted by Crippen LogP contribution is 2.41. The second-order valence-electron chi connectivity index (χ2n) is 9.91. The summed E-state index contributed by atoms with van der Waals surface area (Å²) in [5.74, 6) is 2.54. The van der Waals surface area contributed by atoms with Crippen molar-refractivity contribution in [1.82, 2.24) is 14.8 Å². The molecule has 3 aromatic rings. The van der Waals surface area contributed by atoms with Gasteiger partial charge in [-0.15, -0.1) is 11.3 Å². The summed E-state index contributed by atoms with van der Waals surface area (Å²) >= 11 is 1.69. The van der Waals surface area contributed by atoms with E-state index >= 15 is 0 Å². The summed E-state index contributed by atoms with van der Waals surface area (Å²) in [7, 11) is 2.18. The third-order valence-corrected chi connectivity index (χ3v) is 8.16. The van der Waals surface area contributed by atoms with Crippen molar-refractivity contribution in [2.24, 2.45) is 11.8 Å². The molecule has 1 amide bonds. The molecule has 0 radical (unpaired) electrons. The van der Waals surface area contributed by atoms with E-state index in [-0.39, 0.29) is 11.8 Å². The van der Waals surface area contributed by atoms with Crippen molar-refractivity contribution < 1.29 is 14.3 Å². The maximum Gasteiger partial charge on any atom is 0.226 e. The van der Waals surface area contributed by atoms with Gasteiger partial charge in [0.2, 0.25) is 5.91 Å². The Morgan fingerprint density at radius 3 is 2.91 bits per heavy atom. The number of piperidine rings is 1. The van der Waals surface area contributed by atoms with E-state index in [0.717, 1.165) is 59.1 Å². The van der Waals surface area contributed by atoms with Crippen molar-refractivity contribution in [3.63, 3.8) is 0 Å². The molecule has 3 heterocycles. The molecule has 1 saturated heterocycles. The fourth-order valence-electron chi connectivity index (χ4n) is 5.10. The number of nitrogens with zero attached hydrogens (tertiary/aromatic N) is 3. The smallest absolute Gasteiger partial charge is 0.226 e. The van der Waals surface area contributed by atoms with Crippen molar-refractivity contribution in [2.75, 3.05) is 39.9 Å². The van der Waals surface area contributed by atoms with Gasteiger partial charge in [0.05, 0.1) is 23.4 Å². The molecule has 1 saturated carbocycles. The summed E-state index contributed by atoms with van der Waals surface area (Å²) < 4.78 is 13.9. The Kier molecular flexibility index (Phi) is 5.91. The molecule has 2 aliphatic heterocycles. The van der Waals surface area contributed by atoms with Crippen LogP contribution in [0.5, 0.6) is 11.5 Å². The summed E-state index contributed by atoms with van der Waals surface area (Å²) in [4.78, 5) is 22.1. The molecule has 178 valence electrons. The Labute approximate surface area is 204 Å². The number of carbonyl (C=O) groups is 1. The third kappa shape index (κ3) is 4.51. The molecular formula is C27H31N3O3S. The van der Waals surface area contributed by atoms with Gasteiger partial charge in [0.25, 0.3) is 0 Å². The van der Waals surface area contributed by atoms with Crippen LogP contribution >= 0.6 is 11.3 Å². The second-order valence-corrected chi connectivity index (χ2v) is 10.9. The monoisotopic (exact) mass is 477 g/mol. The van der Waals surface area contributed by atoms with E-state index in [9.17, 15) is 4.79 Å². The van der Waals surface area contributed by atoms with Gasteiger partial charge in [0.15, 0.2) is 11.5 Å². The quantitative estimate of drug-likeness (QED) is 0.528. The van der Waals surface area contributed by atoms with Crippen molar-refractivity contribution >= 4 is 27.5 Å². The van der Waals surface area contributed by atoms with Crippen LogP contribution in [-0.4, -0.2) is 60.6 Å². The normalized spacial score (nSPS) is 21.1. The average Bonchev–Trinajstić information content (AvgIpc) is 3.64. The van der Waals surface area contributed by atoms with Gasteiger partial charge in [-0.1, -0.05) is 12.1 Å². The summed E-state index contributed by atoms with van der Waals surface area (Å²) in [6.07, 6.45) is 4.43. The average molecular weight is 478 g/mol. The molecule has 3 aliphatic rings. The van der Waals surface area contributed by atoms with E-state index in [0.29, 0.717) is 32.2 Å². The molecular weight excluding hydrogens is 446 g/mol. The Morgan fingerprint density at radius 2 is 2.09 bits per heavy atom. The summed E-state index contributed by atoms with van der Waals surface area (Å²) in [5.41, 5.74) is 3.05. The molecule has 0 bridgehead atoms. The first kappa shape index (κ1) is 21.9. The number of carbonyl (C=O) groups excluding carboxylic acids is 1. The fourth-order valence-corrected chi connectivity index (χ4v) is 6.06. The highest BCUT2D eigenvalue weighted by molar-refractivity contribution is 7.21. The van der Waals surface area contributed by atoms with E-state index in [4.69, 9.17) is 14.5 Å². The van der Waals surface area contributed by atoms with Crippen molar-refractivity contribution in [2.45, 2.75) is 32.2 Å². The Hall–Kier alpha value is -2.64. The fraction of sp³-hybridized carbons (Fsp3) is 0.481.